The molecule has 1 aliphatic carbocycles. The SMILES string of the molecule is Cc1ccc(-c2nc(C)c(COc3ccc4c(c3)CC(C)C4CC(=O)O)s2)cc1. The van der Waals surface area contributed by atoms with E-state index >= 15 is 0 Å². The van der Waals surface area contributed by atoms with Crippen molar-refractivity contribution in [3.05, 3.63) is 69.7 Å². The van der Waals surface area contributed by atoms with E-state index in [9.17, 15) is 9.90 Å². The number of nitrogens with zero attached hydrogens (tertiary/aromatic N) is 1. The number of ether oxygens (including phenoxy) is 1. The Bertz CT molecular complexity index is 1040. The van der Waals surface area contributed by atoms with Crippen molar-refractivity contribution in [2.75, 3.05) is 0 Å². The number of carboxylic acid groups (broad SMARTS) is 1. The van der Waals surface area contributed by atoms with Crippen LogP contribution >= 0.6 is 11.3 Å². The molecule has 0 saturated heterocycles. The van der Waals surface area contributed by atoms with Gasteiger partial charge in [0.2, 0.25) is 0 Å². The molecule has 0 spiro atoms. The third-order valence-corrected chi connectivity index (χ3v) is 6.88. The summed E-state index contributed by atoms with van der Waals surface area (Å²) in [6.45, 7) is 6.72. The van der Waals surface area contributed by atoms with Crippen LogP contribution in [0.1, 0.15) is 46.5 Å². The lowest BCUT2D eigenvalue weighted by Crippen LogP contribution is -2.09. The summed E-state index contributed by atoms with van der Waals surface area (Å²) in [5.74, 6) is 0.534. The second-order valence-electron chi connectivity index (χ2n) is 7.93. The molecule has 4 rings (SSSR count). The van der Waals surface area contributed by atoms with Gasteiger partial charge in [0, 0.05) is 5.56 Å². The van der Waals surface area contributed by atoms with Gasteiger partial charge in [-0.15, -0.1) is 11.3 Å². The third kappa shape index (κ3) is 4.20. The fourth-order valence-corrected chi connectivity index (χ4v) is 5.02. The van der Waals surface area contributed by atoms with Crippen molar-refractivity contribution in [2.45, 2.75) is 46.1 Å². The molecule has 4 nitrogen and oxygen atoms in total. The average molecular weight is 408 g/mol. The Hall–Kier alpha value is -2.66. The van der Waals surface area contributed by atoms with Gasteiger partial charge in [-0.25, -0.2) is 4.98 Å². The van der Waals surface area contributed by atoms with Gasteiger partial charge in [0.25, 0.3) is 0 Å². The first-order chi connectivity index (χ1) is 13.9. The van der Waals surface area contributed by atoms with E-state index in [-0.39, 0.29) is 12.3 Å². The number of aryl methyl sites for hydroxylation is 2. The Balaban J connectivity index is 1.47. The van der Waals surface area contributed by atoms with Gasteiger partial charge in [-0.05, 0) is 55.4 Å². The van der Waals surface area contributed by atoms with Crippen LogP contribution in [0.25, 0.3) is 10.6 Å². The van der Waals surface area contributed by atoms with Crippen LogP contribution in [0.4, 0.5) is 0 Å². The predicted molar refractivity (Wildman–Crippen MR) is 116 cm³/mol. The normalized spacial score (nSPS) is 17.9. The van der Waals surface area contributed by atoms with Crippen LogP contribution in [0.3, 0.4) is 0 Å². The van der Waals surface area contributed by atoms with Gasteiger partial charge in [-0.2, -0.15) is 0 Å². The number of carboxylic acids is 1. The fraction of sp³-hybridized carbons (Fsp3) is 0.333. The molecule has 0 radical (unpaired) electrons. The molecular formula is C24H25NO3S. The summed E-state index contributed by atoms with van der Waals surface area (Å²) in [6, 6.07) is 14.5. The molecule has 29 heavy (non-hydrogen) atoms. The molecule has 2 unspecified atom stereocenters. The number of hydrogen-bond donors (Lipinski definition) is 1. The van der Waals surface area contributed by atoms with Crippen molar-refractivity contribution in [3.8, 4) is 16.3 Å². The Morgan fingerprint density at radius 1 is 1.21 bits per heavy atom. The Morgan fingerprint density at radius 3 is 2.69 bits per heavy atom. The molecule has 0 fully saturated rings. The lowest BCUT2D eigenvalue weighted by molar-refractivity contribution is -0.137. The van der Waals surface area contributed by atoms with Gasteiger partial charge in [0.05, 0.1) is 17.0 Å². The molecule has 1 aromatic heterocycles. The molecule has 0 saturated carbocycles. The zero-order valence-electron chi connectivity index (χ0n) is 16.9. The highest BCUT2D eigenvalue weighted by molar-refractivity contribution is 7.15. The van der Waals surface area contributed by atoms with Crippen molar-refractivity contribution < 1.29 is 14.6 Å². The monoisotopic (exact) mass is 407 g/mol. The van der Waals surface area contributed by atoms with Crippen molar-refractivity contribution in [2.24, 2.45) is 5.92 Å². The zero-order valence-corrected chi connectivity index (χ0v) is 17.8. The smallest absolute Gasteiger partial charge is 0.303 e. The number of hydrogen-bond acceptors (Lipinski definition) is 4. The Morgan fingerprint density at radius 2 is 1.97 bits per heavy atom. The van der Waals surface area contributed by atoms with Gasteiger partial charge in [0.15, 0.2) is 0 Å². The van der Waals surface area contributed by atoms with Crippen LogP contribution in [-0.2, 0) is 17.8 Å². The summed E-state index contributed by atoms with van der Waals surface area (Å²) in [6.07, 6.45) is 1.10. The largest absolute Gasteiger partial charge is 0.488 e. The van der Waals surface area contributed by atoms with Crippen molar-refractivity contribution >= 4 is 17.3 Å². The number of benzene rings is 2. The van der Waals surface area contributed by atoms with Gasteiger partial charge < -0.3 is 9.84 Å². The molecular weight excluding hydrogens is 382 g/mol. The first-order valence-corrected chi connectivity index (χ1v) is 10.7. The number of carbonyl (C=O) groups is 1. The molecule has 150 valence electrons. The summed E-state index contributed by atoms with van der Waals surface area (Å²) in [7, 11) is 0. The first-order valence-electron chi connectivity index (χ1n) is 9.91. The topological polar surface area (TPSA) is 59.4 Å². The number of aromatic nitrogens is 1. The molecule has 1 heterocycles. The van der Waals surface area contributed by atoms with E-state index in [2.05, 4.69) is 44.2 Å². The number of rotatable bonds is 6. The second kappa shape index (κ2) is 7.99. The van der Waals surface area contributed by atoms with Crippen LogP contribution in [0, 0.1) is 19.8 Å². The van der Waals surface area contributed by atoms with E-state index < -0.39 is 5.97 Å². The molecule has 0 bridgehead atoms. The quantitative estimate of drug-likeness (QED) is 0.565. The van der Waals surface area contributed by atoms with Crippen LogP contribution in [-0.4, -0.2) is 16.1 Å². The fourth-order valence-electron chi connectivity index (χ4n) is 4.04. The molecule has 1 N–H and O–H groups in total. The predicted octanol–water partition coefficient (Wildman–Crippen LogP) is 5.76. The van der Waals surface area contributed by atoms with E-state index in [1.165, 1.54) is 11.1 Å². The molecule has 2 atom stereocenters. The molecule has 2 aromatic carbocycles. The maximum atomic E-state index is 11.2. The zero-order chi connectivity index (χ0) is 20.5. The maximum absolute atomic E-state index is 11.2. The molecule has 0 aliphatic heterocycles. The van der Waals surface area contributed by atoms with Crippen LogP contribution in [0.2, 0.25) is 0 Å². The minimum atomic E-state index is -0.736. The second-order valence-corrected chi connectivity index (χ2v) is 9.01. The van der Waals surface area contributed by atoms with Gasteiger partial charge in [0.1, 0.15) is 17.4 Å². The van der Waals surface area contributed by atoms with Gasteiger partial charge in [-0.1, -0.05) is 42.8 Å². The standard InChI is InChI=1S/C24H25NO3S/c1-14-4-6-17(7-5-14)24-25-16(3)22(29-24)13-28-19-8-9-20-18(11-19)10-15(2)21(20)12-23(26)27/h4-9,11,15,21H,10,12-13H2,1-3H3,(H,26,27). The summed E-state index contributed by atoms with van der Waals surface area (Å²) in [4.78, 5) is 17.0. The van der Waals surface area contributed by atoms with E-state index in [0.29, 0.717) is 12.5 Å². The molecule has 5 heteroatoms. The highest BCUT2D eigenvalue weighted by Crippen LogP contribution is 2.41. The number of fused-ring (bicyclic) bond motifs is 1. The van der Waals surface area contributed by atoms with Crippen LogP contribution in [0.5, 0.6) is 5.75 Å². The van der Waals surface area contributed by atoms with Crippen molar-refractivity contribution in [1.82, 2.24) is 4.98 Å². The Kier molecular flexibility index (Phi) is 5.41. The summed E-state index contributed by atoms with van der Waals surface area (Å²) in [5.41, 5.74) is 5.74. The lowest BCUT2D eigenvalue weighted by Gasteiger charge is -2.14. The van der Waals surface area contributed by atoms with Gasteiger partial charge in [-0.3, -0.25) is 4.79 Å². The van der Waals surface area contributed by atoms with E-state index in [1.54, 1.807) is 11.3 Å². The van der Waals surface area contributed by atoms with E-state index in [1.807, 2.05) is 19.1 Å². The lowest BCUT2D eigenvalue weighted by atomic mass is 9.91. The Labute approximate surface area is 175 Å². The minimum Gasteiger partial charge on any atom is -0.488 e. The highest BCUT2D eigenvalue weighted by Gasteiger charge is 2.31. The van der Waals surface area contributed by atoms with E-state index in [4.69, 9.17) is 9.72 Å². The van der Waals surface area contributed by atoms with Crippen LogP contribution < -0.4 is 4.74 Å². The maximum Gasteiger partial charge on any atom is 0.303 e. The molecule has 3 aromatic rings. The van der Waals surface area contributed by atoms with Crippen LogP contribution in [0.15, 0.2) is 42.5 Å². The summed E-state index contributed by atoms with van der Waals surface area (Å²) < 4.78 is 6.07. The summed E-state index contributed by atoms with van der Waals surface area (Å²) in [5, 5.41) is 10.2. The van der Waals surface area contributed by atoms with Gasteiger partial charge >= 0.3 is 5.97 Å². The number of aliphatic carboxylic acids is 1. The molecule has 0 amide bonds. The minimum absolute atomic E-state index is 0.0948. The first kappa shape index (κ1) is 19.6. The number of thiazole rings is 1. The van der Waals surface area contributed by atoms with E-state index in [0.717, 1.165) is 38.9 Å². The highest BCUT2D eigenvalue weighted by atomic mass is 32.1. The third-order valence-electron chi connectivity index (χ3n) is 5.70. The molecule has 1 aliphatic rings. The summed E-state index contributed by atoms with van der Waals surface area (Å²) >= 11 is 1.67. The van der Waals surface area contributed by atoms with Crippen molar-refractivity contribution in [1.29, 1.82) is 0 Å². The average Bonchev–Trinajstić information content (AvgIpc) is 3.20. The van der Waals surface area contributed by atoms with Crippen molar-refractivity contribution in [3.63, 3.8) is 0 Å².